The van der Waals surface area contributed by atoms with Crippen LogP contribution in [0.25, 0.3) is 0 Å². The third-order valence-electron chi connectivity index (χ3n) is 5.03. The Morgan fingerprint density at radius 2 is 2.10 bits per heavy atom. The number of rotatable bonds is 4. The van der Waals surface area contributed by atoms with E-state index in [1.165, 1.54) is 19.1 Å². The first-order valence-corrected chi connectivity index (χ1v) is 9.49. The van der Waals surface area contributed by atoms with Gasteiger partial charge in [-0.2, -0.15) is 18.2 Å². The van der Waals surface area contributed by atoms with Gasteiger partial charge >= 0.3 is 18.2 Å². The summed E-state index contributed by atoms with van der Waals surface area (Å²) in [6.07, 6.45) is -4.91. The topological polar surface area (TPSA) is 106 Å². The lowest BCUT2D eigenvalue weighted by molar-refractivity contribution is -0.203. The molecule has 0 radical (unpaired) electrons. The van der Waals surface area contributed by atoms with Crippen molar-refractivity contribution in [3.8, 4) is 17.9 Å². The molecule has 1 saturated heterocycles. The van der Waals surface area contributed by atoms with Gasteiger partial charge in [-0.15, -0.1) is 11.0 Å². The number of carbonyl (C=O) groups excluding carboxylic acids is 1. The summed E-state index contributed by atoms with van der Waals surface area (Å²) in [4.78, 5) is 36.9. The van der Waals surface area contributed by atoms with Gasteiger partial charge in [0, 0.05) is 26.2 Å². The summed E-state index contributed by atoms with van der Waals surface area (Å²) in [5.74, 6) is 2.81. The van der Waals surface area contributed by atoms with Gasteiger partial charge in [0.25, 0.3) is 5.56 Å². The highest BCUT2D eigenvalue weighted by atomic mass is 19.4. The van der Waals surface area contributed by atoms with E-state index in [1.54, 1.807) is 11.8 Å². The number of anilines is 2. The van der Waals surface area contributed by atoms with Crippen molar-refractivity contribution < 1.29 is 27.5 Å². The van der Waals surface area contributed by atoms with Gasteiger partial charge in [0.05, 0.1) is 13.7 Å². The number of hydrogen-bond acceptors (Lipinski definition) is 9. The van der Waals surface area contributed by atoms with Crippen LogP contribution in [-0.4, -0.2) is 65.7 Å². The van der Waals surface area contributed by atoms with Crippen LogP contribution in [-0.2, 0) is 16.7 Å². The molecule has 0 amide bonds. The maximum absolute atomic E-state index is 13.1. The monoisotopic (exact) mass is 444 g/mol. The number of methoxy groups -OCH3 is 1. The molecular weight excluding hydrogens is 421 g/mol. The highest BCUT2D eigenvalue weighted by molar-refractivity contribution is 5.80. The van der Waals surface area contributed by atoms with Gasteiger partial charge in [-0.3, -0.25) is 14.3 Å². The Balaban J connectivity index is 2.17. The largest absolute Gasteiger partial charge is 0.493 e. The van der Waals surface area contributed by atoms with Gasteiger partial charge in [-0.25, -0.2) is 4.79 Å². The molecule has 2 unspecified atom stereocenters. The van der Waals surface area contributed by atoms with Crippen LogP contribution in [0, 0.1) is 11.8 Å². The molecule has 170 valence electrons. The van der Waals surface area contributed by atoms with Crippen molar-refractivity contribution in [2.24, 2.45) is 12.8 Å². The Morgan fingerprint density at radius 3 is 2.68 bits per heavy atom. The Bertz CT molecular complexity index is 970. The van der Waals surface area contributed by atoms with Crippen molar-refractivity contribution in [3.05, 3.63) is 10.4 Å². The number of likely N-dealkylation sites (tertiary alicyclic amines) is 1. The van der Waals surface area contributed by atoms with Crippen molar-refractivity contribution in [1.29, 1.82) is 0 Å². The van der Waals surface area contributed by atoms with Crippen LogP contribution in [0.4, 0.5) is 24.7 Å². The van der Waals surface area contributed by atoms with Gasteiger partial charge in [0.15, 0.2) is 12.0 Å². The third kappa shape index (κ3) is 4.26. The summed E-state index contributed by atoms with van der Waals surface area (Å²) >= 11 is 0. The SMILES string of the molecule is CC#CCN1c2c(nc(OC)n(C)c2=O)N(OC(=O)C(F)(F)F)C1N1CCCC(N)C1. The highest BCUT2D eigenvalue weighted by Gasteiger charge is 2.50. The summed E-state index contributed by atoms with van der Waals surface area (Å²) in [5, 5.41) is 0.699. The van der Waals surface area contributed by atoms with Crippen molar-refractivity contribution in [2.45, 2.75) is 38.3 Å². The normalized spacial score (nSPS) is 21.4. The molecule has 0 bridgehead atoms. The first-order valence-electron chi connectivity index (χ1n) is 9.49. The van der Waals surface area contributed by atoms with E-state index in [0.29, 0.717) is 24.6 Å². The number of carbonyl (C=O) groups is 1. The molecule has 0 spiro atoms. The summed E-state index contributed by atoms with van der Waals surface area (Å²) in [5.41, 5.74) is 5.43. The van der Waals surface area contributed by atoms with Crippen molar-refractivity contribution in [1.82, 2.24) is 14.5 Å². The number of nitrogens with two attached hydrogens (primary N) is 1. The zero-order chi connectivity index (χ0) is 22.9. The molecule has 1 aromatic rings. The van der Waals surface area contributed by atoms with E-state index in [1.807, 2.05) is 0 Å². The lowest BCUT2D eigenvalue weighted by Crippen LogP contribution is -2.60. The van der Waals surface area contributed by atoms with Gasteiger partial charge in [0.2, 0.25) is 5.82 Å². The zero-order valence-corrected chi connectivity index (χ0v) is 17.3. The first-order chi connectivity index (χ1) is 14.6. The number of hydrogen-bond donors (Lipinski definition) is 1. The fourth-order valence-electron chi connectivity index (χ4n) is 3.65. The minimum atomic E-state index is -5.25. The van der Waals surface area contributed by atoms with E-state index < -0.39 is 24.0 Å². The molecule has 13 heteroatoms. The molecule has 2 aliphatic rings. The molecule has 0 saturated carbocycles. The molecule has 2 N–H and O–H groups in total. The molecule has 0 aliphatic carbocycles. The number of aromatic nitrogens is 2. The number of fused-ring (bicyclic) bond motifs is 1. The van der Waals surface area contributed by atoms with Crippen molar-refractivity contribution in [2.75, 3.05) is 36.7 Å². The summed E-state index contributed by atoms with van der Waals surface area (Å²) in [6.45, 7) is 2.35. The fourth-order valence-corrected chi connectivity index (χ4v) is 3.65. The first kappa shape index (κ1) is 22.7. The average molecular weight is 444 g/mol. The van der Waals surface area contributed by atoms with Gasteiger partial charge in [0.1, 0.15) is 0 Å². The van der Waals surface area contributed by atoms with E-state index >= 15 is 0 Å². The molecule has 2 atom stereocenters. The summed E-state index contributed by atoms with van der Waals surface area (Å²) in [7, 11) is 2.67. The quantitative estimate of drug-likeness (QED) is 0.651. The number of halogens is 3. The van der Waals surface area contributed by atoms with Gasteiger partial charge < -0.3 is 20.2 Å². The second kappa shape index (κ2) is 8.64. The maximum Gasteiger partial charge on any atom is 0.493 e. The number of nitrogens with zero attached hydrogens (tertiary/aromatic N) is 5. The molecule has 1 fully saturated rings. The van der Waals surface area contributed by atoms with E-state index in [2.05, 4.69) is 16.8 Å². The van der Waals surface area contributed by atoms with Crippen LogP contribution in [0.1, 0.15) is 19.8 Å². The maximum atomic E-state index is 13.1. The standard InChI is InChI=1S/C18H23F3N6O4/c1-4-5-9-26-12-13(23-16(30-3)24(2)14(12)28)27(31-15(29)18(19,20)21)17(26)25-8-6-7-11(22)10-25/h11,17H,6-10,22H2,1-3H3. The number of piperidine rings is 1. The smallest absolute Gasteiger partial charge is 0.468 e. The van der Waals surface area contributed by atoms with E-state index in [0.717, 1.165) is 11.0 Å². The van der Waals surface area contributed by atoms with Gasteiger partial charge in [-0.1, -0.05) is 5.92 Å². The molecule has 10 nitrogen and oxygen atoms in total. The van der Waals surface area contributed by atoms with Crippen LogP contribution in [0.3, 0.4) is 0 Å². The van der Waals surface area contributed by atoms with Crippen LogP contribution >= 0.6 is 0 Å². The minimum absolute atomic E-state index is 0.0107. The molecule has 3 rings (SSSR count). The Kier molecular flexibility index (Phi) is 6.33. The zero-order valence-electron chi connectivity index (χ0n) is 17.3. The predicted octanol–water partition coefficient (Wildman–Crippen LogP) is 0.166. The Hall–Kier alpha value is -2.98. The molecule has 31 heavy (non-hydrogen) atoms. The average Bonchev–Trinajstić information content (AvgIpc) is 3.01. The highest BCUT2D eigenvalue weighted by Crippen LogP contribution is 2.39. The van der Waals surface area contributed by atoms with Crippen LogP contribution in [0.15, 0.2) is 4.79 Å². The van der Waals surface area contributed by atoms with Crippen molar-refractivity contribution >= 4 is 17.5 Å². The Morgan fingerprint density at radius 1 is 1.39 bits per heavy atom. The van der Waals surface area contributed by atoms with Crippen LogP contribution < -0.4 is 26.0 Å². The van der Waals surface area contributed by atoms with Crippen LogP contribution in [0.2, 0.25) is 0 Å². The van der Waals surface area contributed by atoms with Crippen LogP contribution in [0.5, 0.6) is 6.01 Å². The van der Waals surface area contributed by atoms with E-state index in [4.69, 9.17) is 15.3 Å². The van der Waals surface area contributed by atoms with E-state index in [-0.39, 0.29) is 30.1 Å². The van der Waals surface area contributed by atoms with E-state index in [9.17, 15) is 22.8 Å². The molecule has 1 aromatic heterocycles. The summed E-state index contributed by atoms with van der Waals surface area (Å²) in [6, 6.07) is -0.392. The number of ether oxygens (including phenoxy) is 1. The second-order valence-electron chi connectivity index (χ2n) is 7.14. The fraction of sp³-hybridized carbons (Fsp3) is 0.611. The predicted molar refractivity (Wildman–Crippen MR) is 104 cm³/mol. The Labute approximate surface area is 176 Å². The molecule has 2 aliphatic heterocycles. The third-order valence-corrected chi connectivity index (χ3v) is 5.03. The lowest BCUT2D eigenvalue weighted by atomic mass is 10.1. The molecular formula is C18H23F3N6O4. The number of alkyl halides is 3. The van der Waals surface area contributed by atoms with Crippen molar-refractivity contribution in [3.63, 3.8) is 0 Å². The molecule has 0 aromatic carbocycles. The minimum Gasteiger partial charge on any atom is -0.468 e. The second-order valence-corrected chi connectivity index (χ2v) is 7.14. The lowest BCUT2D eigenvalue weighted by Gasteiger charge is -2.41. The van der Waals surface area contributed by atoms with Gasteiger partial charge in [-0.05, 0) is 19.8 Å². The number of hydroxylamine groups is 1. The molecule has 3 heterocycles. The summed E-state index contributed by atoms with van der Waals surface area (Å²) < 4.78 is 45.2.